The van der Waals surface area contributed by atoms with Crippen molar-refractivity contribution in [2.24, 2.45) is 5.92 Å². The highest BCUT2D eigenvalue weighted by Gasteiger charge is 2.21. The van der Waals surface area contributed by atoms with Gasteiger partial charge in [0.2, 0.25) is 0 Å². The normalized spacial score (nSPS) is 11.4. The minimum atomic E-state index is -0.993. The van der Waals surface area contributed by atoms with E-state index in [2.05, 4.69) is 0 Å². The van der Waals surface area contributed by atoms with Crippen LogP contribution in [-0.2, 0) is 16.0 Å². The van der Waals surface area contributed by atoms with Crippen LogP contribution >= 0.6 is 0 Å². The lowest BCUT2D eigenvalue weighted by Crippen LogP contribution is -2.19. The molecule has 0 aliphatic rings. The van der Waals surface area contributed by atoms with Crippen molar-refractivity contribution in [3.8, 4) is 11.8 Å². The summed E-state index contributed by atoms with van der Waals surface area (Å²) in [6.45, 7) is 1.85. The molecule has 0 N–H and O–H groups in total. The molecule has 1 atom stereocenters. The Kier molecular flexibility index (Phi) is 5.12. The van der Waals surface area contributed by atoms with Crippen molar-refractivity contribution < 1.29 is 18.7 Å². The van der Waals surface area contributed by atoms with E-state index in [9.17, 15) is 9.18 Å². The van der Waals surface area contributed by atoms with E-state index in [-0.39, 0.29) is 18.6 Å². The first-order valence-electron chi connectivity index (χ1n) is 5.51. The Morgan fingerprint density at radius 2 is 2.28 bits per heavy atom. The third-order valence-electron chi connectivity index (χ3n) is 2.41. The first kappa shape index (κ1) is 14.0. The second kappa shape index (κ2) is 6.60. The van der Waals surface area contributed by atoms with E-state index < -0.39 is 17.7 Å². The molecule has 5 heteroatoms. The van der Waals surface area contributed by atoms with Crippen molar-refractivity contribution in [1.29, 1.82) is 5.26 Å². The Bertz CT molecular complexity index is 468. The summed E-state index contributed by atoms with van der Waals surface area (Å²) in [5.41, 5.74) is 0.287. The second-order valence-corrected chi connectivity index (χ2v) is 3.60. The molecule has 0 aliphatic carbocycles. The van der Waals surface area contributed by atoms with Crippen LogP contribution in [0, 0.1) is 23.1 Å². The van der Waals surface area contributed by atoms with E-state index in [0.29, 0.717) is 5.75 Å². The first-order chi connectivity index (χ1) is 8.62. The molecule has 1 rings (SSSR count). The summed E-state index contributed by atoms with van der Waals surface area (Å²) in [7, 11) is 1.44. The maximum atomic E-state index is 13.6. The number of carbonyl (C=O) groups excluding carboxylic acids is 1. The summed E-state index contributed by atoms with van der Waals surface area (Å²) >= 11 is 0. The number of hydrogen-bond donors (Lipinski definition) is 0. The molecule has 1 aromatic rings. The third kappa shape index (κ3) is 3.45. The number of nitriles is 1. The highest BCUT2D eigenvalue weighted by Crippen LogP contribution is 2.19. The van der Waals surface area contributed by atoms with Crippen molar-refractivity contribution in [1.82, 2.24) is 0 Å². The fourth-order valence-corrected chi connectivity index (χ4v) is 1.46. The maximum Gasteiger partial charge on any atom is 0.323 e. The maximum absolute atomic E-state index is 13.6. The number of methoxy groups -OCH3 is 1. The highest BCUT2D eigenvalue weighted by molar-refractivity contribution is 5.75. The van der Waals surface area contributed by atoms with Gasteiger partial charge in [0.15, 0.2) is 0 Å². The molecule has 0 bridgehead atoms. The van der Waals surface area contributed by atoms with Crippen molar-refractivity contribution in [3.63, 3.8) is 0 Å². The summed E-state index contributed by atoms with van der Waals surface area (Å²) < 4.78 is 23.3. The van der Waals surface area contributed by atoms with Gasteiger partial charge in [-0.2, -0.15) is 5.26 Å². The number of nitrogens with zero attached hydrogens (tertiary/aromatic N) is 1. The topological polar surface area (TPSA) is 59.3 Å². The van der Waals surface area contributed by atoms with E-state index in [1.807, 2.05) is 6.07 Å². The highest BCUT2D eigenvalue weighted by atomic mass is 19.1. The van der Waals surface area contributed by atoms with Crippen LogP contribution in [0.1, 0.15) is 12.5 Å². The lowest BCUT2D eigenvalue weighted by Gasteiger charge is -2.09. The molecule has 1 unspecified atom stereocenters. The van der Waals surface area contributed by atoms with Crippen LogP contribution in [-0.4, -0.2) is 19.7 Å². The Balaban J connectivity index is 2.83. The standard InChI is InChI=1S/C13H14FNO3/c1-3-18-13(16)10(8-15)6-9-4-5-11(17-2)7-12(9)14/h4-5,7,10H,3,6H2,1-2H3. The van der Waals surface area contributed by atoms with Crippen molar-refractivity contribution >= 4 is 5.97 Å². The van der Waals surface area contributed by atoms with Gasteiger partial charge in [0.1, 0.15) is 17.5 Å². The monoisotopic (exact) mass is 251 g/mol. The molecule has 96 valence electrons. The zero-order valence-electron chi connectivity index (χ0n) is 10.3. The molecule has 0 aromatic heterocycles. The summed E-state index contributed by atoms with van der Waals surface area (Å²) in [6.07, 6.45) is -0.00877. The average molecular weight is 251 g/mol. The minimum Gasteiger partial charge on any atom is -0.497 e. The molecule has 0 heterocycles. The van der Waals surface area contributed by atoms with E-state index in [0.717, 1.165) is 0 Å². The summed E-state index contributed by atoms with van der Waals surface area (Å²) in [6, 6.07) is 6.11. The fourth-order valence-electron chi connectivity index (χ4n) is 1.46. The largest absolute Gasteiger partial charge is 0.497 e. The van der Waals surface area contributed by atoms with E-state index in [1.165, 1.54) is 19.2 Å². The molecule has 0 saturated carbocycles. The third-order valence-corrected chi connectivity index (χ3v) is 2.41. The van der Waals surface area contributed by atoms with E-state index >= 15 is 0 Å². The van der Waals surface area contributed by atoms with Gasteiger partial charge in [-0.1, -0.05) is 6.07 Å². The Hall–Kier alpha value is -2.09. The van der Waals surface area contributed by atoms with Crippen LogP contribution in [0.3, 0.4) is 0 Å². The molecule has 18 heavy (non-hydrogen) atoms. The van der Waals surface area contributed by atoms with Gasteiger partial charge in [-0.05, 0) is 18.6 Å². The van der Waals surface area contributed by atoms with Gasteiger partial charge >= 0.3 is 5.97 Å². The zero-order chi connectivity index (χ0) is 13.5. The van der Waals surface area contributed by atoms with Crippen LogP contribution in [0.15, 0.2) is 18.2 Å². The van der Waals surface area contributed by atoms with Gasteiger partial charge in [0.25, 0.3) is 0 Å². The number of rotatable bonds is 5. The second-order valence-electron chi connectivity index (χ2n) is 3.60. The molecular weight excluding hydrogens is 237 g/mol. The molecular formula is C13H14FNO3. The van der Waals surface area contributed by atoms with Gasteiger partial charge in [0.05, 0.1) is 19.8 Å². The van der Waals surface area contributed by atoms with Crippen molar-refractivity contribution in [2.45, 2.75) is 13.3 Å². The smallest absolute Gasteiger partial charge is 0.323 e. The van der Waals surface area contributed by atoms with E-state index in [4.69, 9.17) is 14.7 Å². The summed E-state index contributed by atoms with van der Waals surface area (Å²) in [4.78, 5) is 11.4. The fraction of sp³-hybridized carbons (Fsp3) is 0.385. The quantitative estimate of drug-likeness (QED) is 0.752. The SMILES string of the molecule is CCOC(=O)C(C#N)Cc1ccc(OC)cc1F. The summed E-state index contributed by atoms with van der Waals surface area (Å²) in [5.74, 6) is -1.73. The lowest BCUT2D eigenvalue weighted by molar-refractivity contribution is -0.145. The van der Waals surface area contributed by atoms with Gasteiger partial charge in [-0.15, -0.1) is 0 Å². The molecule has 4 nitrogen and oxygen atoms in total. The van der Waals surface area contributed by atoms with Crippen LogP contribution < -0.4 is 4.74 Å². The van der Waals surface area contributed by atoms with Crippen molar-refractivity contribution in [3.05, 3.63) is 29.6 Å². The molecule has 0 aliphatic heterocycles. The molecule has 0 radical (unpaired) electrons. The number of benzene rings is 1. The molecule has 1 aromatic carbocycles. The van der Waals surface area contributed by atoms with Crippen LogP contribution in [0.5, 0.6) is 5.75 Å². The van der Waals surface area contributed by atoms with Gasteiger partial charge < -0.3 is 9.47 Å². The molecule has 0 amide bonds. The number of ether oxygens (including phenoxy) is 2. The van der Waals surface area contributed by atoms with E-state index in [1.54, 1.807) is 13.0 Å². The lowest BCUT2D eigenvalue weighted by atomic mass is 10.0. The Morgan fingerprint density at radius 1 is 1.56 bits per heavy atom. The molecule has 0 saturated heterocycles. The van der Waals surface area contributed by atoms with Crippen LogP contribution in [0.25, 0.3) is 0 Å². The Morgan fingerprint density at radius 3 is 2.78 bits per heavy atom. The van der Waals surface area contributed by atoms with Gasteiger partial charge in [-0.3, -0.25) is 4.79 Å². The predicted molar refractivity (Wildman–Crippen MR) is 62.4 cm³/mol. The zero-order valence-corrected chi connectivity index (χ0v) is 10.3. The Labute approximate surface area is 105 Å². The average Bonchev–Trinajstić information content (AvgIpc) is 2.37. The van der Waals surface area contributed by atoms with Crippen molar-refractivity contribution in [2.75, 3.05) is 13.7 Å². The minimum absolute atomic E-state index is 0.00877. The molecule has 0 spiro atoms. The van der Waals surface area contributed by atoms with Gasteiger partial charge in [-0.25, -0.2) is 4.39 Å². The number of carbonyl (C=O) groups is 1. The number of hydrogen-bond acceptors (Lipinski definition) is 4. The number of halogens is 1. The summed E-state index contributed by atoms with van der Waals surface area (Å²) in [5, 5.41) is 8.88. The molecule has 0 fully saturated rings. The predicted octanol–water partition coefficient (Wildman–Crippen LogP) is 2.08. The first-order valence-corrected chi connectivity index (χ1v) is 5.51. The van der Waals surface area contributed by atoms with Crippen LogP contribution in [0.2, 0.25) is 0 Å². The van der Waals surface area contributed by atoms with Gasteiger partial charge in [0, 0.05) is 12.5 Å². The van der Waals surface area contributed by atoms with Crippen LogP contribution in [0.4, 0.5) is 4.39 Å². The number of esters is 1.